The number of benzene rings is 2. The molecule has 2 amide bonds. The number of rotatable bonds is 12. The van der Waals surface area contributed by atoms with E-state index >= 15 is 0 Å². The van der Waals surface area contributed by atoms with E-state index in [1.54, 1.807) is 17.0 Å². The van der Waals surface area contributed by atoms with E-state index in [1.165, 1.54) is 24.0 Å². The Balaban J connectivity index is 1.50. The molecule has 2 aliphatic rings. The van der Waals surface area contributed by atoms with Crippen LogP contribution < -0.4 is 15.8 Å². The molecule has 0 spiro atoms. The SMILES string of the molecule is CC(=O)CCN(C(=O)[C@H](CC(=O)NC[C@@H]1CCCN(C(=N)N)C1)NS(=O)(=O)c1ccc2ccccc2c1)C1CC1. The van der Waals surface area contributed by atoms with Gasteiger partial charge in [0.1, 0.15) is 11.8 Å². The number of likely N-dealkylation sites (tertiary alicyclic amines) is 1. The number of hydrogen-bond acceptors (Lipinski definition) is 6. The summed E-state index contributed by atoms with van der Waals surface area (Å²) in [7, 11) is -4.15. The van der Waals surface area contributed by atoms with Crippen LogP contribution in [0.2, 0.25) is 0 Å². The smallest absolute Gasteiger partial charge is 0.241 e. The fourth-order valence-corrected chi connectivity index (χ4v) is 6.30. The van der Waals surface area contributed by atoms with E-state index in [4.69, 9.17) is 11.1 Å². The van der Waals surface area contributed by atoms with Crippen molar-refractivity contribution in [1.82, 2.24) is 19.8 Å². The third kappa shape index (κ3) is 7.79. The molecule has 2 fully saturated rings. The Morgan fingerprint density at radius 3 is 2.52 bits per heavy atom. The number of nitrogens with zero attached hydrogens (tertiary/aromatic N) is 2. The molecule has 216 valence electrons. The molecule has 0 bridgehead atoms. The average molecular weight is 571 g/mol. The Morgan fingerprint density at radius 2 is 1.85 bits per heavy atom. The maximum atomic E-state index is 13.7. The van der Waals surface area contributed by atoms with Gasteiger partial charge in [-0.3, -0.25) is 19.8 Å². The highest BCUT2D eigenvalue weighted by Crippen LogP contribution is 2.28. The van der Waals surface area contributed by atoms with Crippen LogP contribution in [0.1, 0.15) is 45.4 Å². The maximum Gasteiger partial charge on any atom is 0.241 e. The van der Waals surface area contributed by atoms with Crippen LogP contribution in [0.15, 0.2) is 47.4 Å². The molecule has 4 rings (SSSR count). The van der Waals surface area contributed by atoms with Crippen LogP contribution >= 0.6 is 0 Å². The minimum atomic E-state index is -4.15. The summed E-state index contributed by atoms with van der Waals surface area (Å²) in [5.74, 6) is -0.957. The standard InChI is InChI=1S/C28H38N6O5S/c1-19(35)12-14-34(23-9-10-23)27(37)25(16-26(36)31-17-20-5-4-13-33(18-20)28(29)30)32-40(38,39)24-11-8-21-6-2-3-7-22(21)15-24/h2-3,6-8,11,15,20,23,25,32H,4-5,9-10,12-14,16-18H2,1H3,(H3,29,30)(H,31,36)/t20-,25-/m0/s1. The molecule has 11 nitrogen and oxygen atoms in total. The Kier molecular flexibility index (Phi) is 9.41. The number of amides is 2. The molecule has 2 aromatic carbocycles. The van der Waals surface area contributed by atoms with Crippen molar-refractivity contribution in [2.45, 2.75) is 62.4 Å². The Labute approximate surface area is 235 Å². The second-order valence-corrected chi connectivity index (χ2v) is 12.5. The number of nitrogens with one attached hydrogen (secondary N) is 3. The zero-order chi connectivity index (χ0) is 28.9. The van der Waals surface area contributed by atoms with E-state index in [9.17, 15) is 22.8 Å². The predicted molar refractivity (Wildman–Crippen MR) is 152 cm³/mol. The number of guanidine groups is 1. The first kappa shape index (κ1) is 29.5. The predicted octanol–water partition coefficient (Wildman–Crippen LogP) is 1.57. The average Bonchev–Trinajstić information content (AvgIpc) is 3.76. The molecule has 40 heavy (non-hydrogen) atoms. The van der Waals surface area contributed by atoms with Crippen LogP contribution in [0, 0.1) is 11.3 Å². The fraction of sp³-hybridized carbons (Fsp3) is 0.500. The quantitative estimate of drug-likeness (QED) is 0.222. The molecule has 0 aromatic heterocycles. The van der Waals surface area contributed by atoms with E-state index < -0.39 is 27.9 Å². The highest BCUT2D eigenvalue weighted by Gasteiger charge is 2.38. The van der Waals surface area contributed by atoms with Crippen molar-refractivity contribution in [3.05, 3.63) is 42.5 Å². The fourth-order valence-electron chi connectivity index (χ4n) is 5.07. The first-order valence-corrected chi connectivity index (χ1v) is 15.2. The third-order valence-electron chi connectivity index (χ3n) is 7.44. The molecular weight excluding hydrogens is 532 g/mol. The molecule has 12 heteroatoms. The summed E-state index contributed by atoms with van der Waals surface area (Å²) in [4.78, 5) is 41.7. The molecule has 2 aromatic rings. The van der Waals surface area contributed by atoms with Gasteiger partial charge in [0.05, 0.1) is 11.3 Å². The van der Waals surface area contributed by atoms with Crippen LogP contribution in [-0.2, 0) is 24.4 Å². The number of fused-ring (bicyclic) bond motifs is 1. The summed E-state index contributed by atoms with van der Waals surface area (Å²) < 4.78 is 29.4. The van der Waals surface area contributed by atoms with Crippen LogP contribution in [-0.4, -0.2) is 80.0 Å². The molecule has 1 heterocycles. The van der Waals surface area contributed by atoms with Gasteiger partial charge < -0.3 is 20.9 Å². The van der Waals surface area contributed by atoms with Gasteiger partial charge in [0.2, 0.25) is 21.8 Å². The maximum absolute atomic E-state index is 13.7. The number of carbonyl (C=O) groups excluding carboxylic acids is 3. The first-order chi connectivity index (χ1) is 19.0. The highest BCUT2D eigenvalue weighted by molar-refractivity contribution is 7.89. The molecular formula is C28H38N6O5S. The topological polar surface area (TPSA) is 166 Å². The van der Waals surface area contributed by atoms with Crippen molar-refractivity contribution in [1.29, 1.82) is 5.41 Å². The largest absolute Gasteiger partial charge is 0.370 e. The summed E-state index contributed by atoms with van der Waals surface area (Å²) in [6.07, 6.45) is 3.04. The third-order valence-corrected chi connectivity index (χ3v) is 8.91. The summed E-state index contributed by atoms with van der Waals surface area (Å²) >= 11 is 0. The van der Waals surface area contributed by atoms with E-state index in [-0.39, 0.29) is 48.0 Å². The monoisotopic (exact) mass is 570 g/mol. The molecule has 0 radical (unpaired) electrons. The van der Waals surface area contributed by atoms with Gasteiger partial charge >= 0.3 is 0 Å². The van der Waals surface area contributed by atoms with Crippen molar-refractivity contribution in [2.24, 2.45) is 11.7 Å². The zero-order valence-corrected chi connectivity index (χ0v) is 23.6. The van der Waals surface area contributed by atoms with Crippen LogP contribution in [0.4, 0.5) is 0 Å². The second-order valence-electron chi connectivity index (χ2n) is 10.7. The number of hydrogen-bond donors (Lipinski definition) is 4. The summed E-state index contributed by atoms with van der Waals surface area (Å²) in [5.41, 5.74) is 5.62. The second kappa shape index (κ2) is 12.8. The number of ketones is 1. The number of carbonyl (C=O) groups is 3. The molecule has 5 N–H and O–H groups in total. The number of nitrogens with two attached hydrogens (primary N) is 1. The van der Waals surface area contributed by atoms with Gasteiger partial charge in [-0.25, -0.2) is 8.42 Å². The van der Waals surface area contributed by atoms with Crippen LogP contribution in [0.25, 0.3) is 10.8 Å². The Bertz CT molecular complexity index is 1380. The van der Waals surface area contributed by atoms with E-state index in [2.05, 4.69) is 10.0 Å². The molecule has 1 saturated carbocycles. The lowest BCUT2D eigenvalue weighted by Gasteiger charge is -2.33. The summed E-state index contributed by atoms with van der Waals surface area (Å²) in [6, 6.07) is 10.7. The van der Waals surface area contributed by atoms with Crippen molar-refractivity contribution < 1.29 is 22.8 Å². The number of sulfonamides is 1. The molecule has 1 aliphatic carbocycles. The van der Waals surface area contributed by atoms with Gasteiger partial charge in [-0.05, 0) is 61.4 Å². The van der Waals surface area contributed by atoms with Gasteiger partial charge in [-0.2, -0.15) is 4.72 Å². The minimum Gasteiger partial charge on any atom is -0.370 e. The molecule has 0 unspecified atom stereocenters. The summed E-state index contributed by atoms with van der Waals surface area (Å²) in [6.45, 7) is 3.20. The van der Waals surface area contributed by atoms with Gasteiger partial charge in [0, 0.05) is 38.6 Å². The lowest BCUT2D eigenvalue weighted by atomic mass is 9.98. The van der Waals surface area contributed by atoms with Gasteiger partial charge in [0.25, 0.3) is 0 Å². The minimum absolute atomic E-state index is 0.00218. The van der Waals surface area contributed by atoms with Crippen molar-refractivity contribution in [3.8, 4) is 0 Å². The van der Waals surface area contributed by atoms with Crippen molar-refractivity contribution in [2.75, 3.05) is 26.2 Å². The van der Waals surface area contributed by atoms with Gasteiger partial charge in [0.15, 0.2) is 5.96 Å². The number of Topliss-reactive ketones (excluding diaryl/α,β-unsaturated/α-hetero) is 1. The van der Waals surface area contributed by atoms with E-state index in [1.807, 2.05) is 18.2 Å². The molecule has 1 saturated heterocycles. The number of piperidine rings is 1. The van der Waals surface area contributed by atoms with E-state index in [0.29, 0.717) is 19.6 Å². The van der Waals surface area contributed by atoms with E-state index in [0.717, 1.165) is 36.5 Å². The van der Waals surface area contributed by atoms with Crippen molar-refractivity contribution in [3.63, 3.8) is 0 Å². The van der Waals surface area contributed by atoms with Crippen LogP contribution in [0.3, 0.4) is 0 Å². The first-order valence-electron chi connectivity index (χ1n) is 13.7. The zero-order valence-electron chi connectivity index (χ0n) is 22.8. The lowest BCUT2D eigenvalue weighted by molar-refractivity contribution is -0.136. The highest BCUT2D eigenvalue weighted by atomic mass is 32.2. The Morgan fingerprint density at radius 1 is 1.12 bits per heavy atom. The van der Waals surface area contributed by atoms with Crippen molar-refractivity contribution >= 4 is 44.4 Å². The van der Waals surface area contributed by atoms with Crippen LogP contribution in [0.5, 0.6) is 0 Å². The van der Waals surface area contributed by atoms with Gasteiger partial charge in [-0.15, -0.1) is 0 Å². The van der Waals surface area contributed by atoms with Gasteiger partial charge in [-0.1, -0.05) is 30.3 Å². The Hall–Kier alpha value is -3.51. The lowest BCUT2D eigenvalue weighted by Crippen LogP contribution is -2.52. The normalized spacial score (nSPS) is 18.2. The molecule has 1 aliphatic heterocycles. The summed E-state index contributed by atoms with van der Waals surface area (Å²) in [5, 5.41) is 12.1. The molecule has 2 atom stereocenters.